The minimum absolute atomic E-state index is 0.0520. The highest BCUT2D eigenvalue weighted by molar-refractivity contribution is 5.94. The maximum absolute atomic E-state index is 13.0. The third-order valence-corrected chi connectivity index (χ3v) is 5.50. The molecule has 2 heterocycles. The van der Waals surface area contributed by atoms with Crippen LogP contribution in [0.2, 0.25) is 0 Å². The molecule has 2 aliphatic rings. The molecule has 2 aliphatic heterocycles. The number of nitrogens with zero attached hydrogens (tertiary/aromatic N) is 2. The van der Waals surface area contributed by atoms with Gasteiger partial charge in [0.2, 0.25) is 5.91 Å². The Morgan fingerprint density at radius 2 is 2.15 bits per heavy atom. The van der Waals surface area contributed by atoms with Gasteiger partial charge >= 0.3 is 0 Å². The Morgan fingerprint density at radius 3 is 2.89 bits per heavy atom. The summed E-state index contributed by atoms with van der Waals surface area (Å²) in [4.78, 5) is 28.8. The van der Waals surface area contributed by atoms with Crippen molar-refractivity contribution in [1.82, 2.24) is 9.80 Å². The first-order valence-corrected chi connectivity index (χ1v) is 10.1. The molecular formula is C21H31N3O3. The molecule has 148 valence electrons. The lowest BCUT2D eigenvalue weighted by Crippen LogP contribution is -2.44. The summed E-state index contributed by atoms with van der Waals surface area (Å²) in [5.41, 5.74) is 7.21. The van der Waals surface area contributed by atoms with Gasteiger partial charge in [0.1, 0.15) is 5.75 Å². The summed E-state index contributed by atoms with van der Waals surface area (Å²) < 4.78 is 5.78. The van der Waals surface area contributed by atoms with E-state index in [1.165, 1.54) is 0 Å². The number of carbonyl (C=O) groups excluding carboxylic acids is 2. The van der Waals surface area contributed by atoms with Crippen LogP contribution in [-0.4, -0.2) is 60.9 Å². The number of hydrogen-bond donors (Lipinski definition) is 1. The highest BCUT2D eigenvalue weighted by Crippen LogP contribution is 2.24. The molecule has 2 saturated heterocycles. The van der Waals surface area contributed by atoms with Crippen molar-refractivity contribution in [2.75, 3.05) is 39.3 Å². The van der Waals surface area contributed by atoms with Crippen molar-refractivity contribution < 1.29 is 14.3 Å². The smallest absolute Gasteiger partial charge is 0.253 e. The molecule has 6 nitrogen and oxygen atoms in total. The highest BCUT2D eigenvalue weighted by Gasteiger charge is 2.29. The molecule has 0 spiro atoms. The molecule has 3 rings (SSSR count). The summed E-state index contributed by atoms with van der Waals surface area (Å²) in [7, 11) is 0. The second-order valence-electron chi connectivity index (χ2n) is 7.67. The lowest BCUT2D eigenvalue weighted by Gasteiger charge is -2.34. The lowest BCUT2D eigenvalue weighted by molar-refractivity contribution is -0.128. The van der Waals surface area contributed by atoms with E-state index >= 15 is 0 Å². The minimum Gasteiger partial charge on any atom is -0.493 e. The molecule has 2 N–H and O–H groups in total. The topological polar surface area (TPSA) is 75.9 Å². The molecule has 27 heavy (non-hydrogen) atoms. The summed E-state index contributed by atoms with van der Waals surface area (Å²) >= 11 is 0. The van der Waals surface area contributed by atoms with Crippen LogP contribution < -0.4 is 10.5 Å². The summed E-state index contributed by atoms with van der Waals surface area (Å²) in [5.74, 6) is 1.44. The zero-order chi connectivity index (χ0) is 19.2. The minimum atomic E-state index is 0.0520. The fourth-order valence-electron chi connectivity index (χ4n) is 3.94. The highest BCUT2D eigenvalue weighted by atomic mass is 16.5. The number of benzene rings is 1. The van der Waals surface area contributed by atoms with Gasteiger partial charge in [-0.1, -0.05) is 6.07 Å². The standard InChI is InChI=1S/C21H31N3O3/c1-16-7-8-18(13-19(16)27-12-4-9-22)21(26)24-11-2-5-17(15-24)14-23-10-3-6-20(23)25/h7-8,13,17H,2-6,9-12,14-15,22H2,1H3/t17-/m0/s1. The summed E-state index contributed by atoms with van der Waals surface area (Å²) in [6, 6.07) is 5.66. The van der Waals surface area contributed by atoms with E-state index in [4.69, 9.17) is 10.5 Å². The molecule has 0 aliphatic carbocycles. The normalized spacial score (nSPS) is 20.2. The lowest BCUT2D eigenvalue weighted by atomic mass is 9.96. The molecule has 2 fully saturated rings. The Morgan fingerprint density at radius 1 is 1.30 bits per heavy atom. The Balaban J connectivity index is 1.62. The average Bonchev–Trinajstić information content (AvgIpc) is 3.07. The van der Waals surface area contributed by atoms with Crippen LogP contribution in [0.4, 0.5) is 0 Å². The van der Waals surface area contributed by atoms with Crippen LogP contribution in [0, 0.1) is 12.8 Å². The van der Waals surface area contributed by atoms with Crippen molar-refractivity contribution in [2.24, 2.45) is 11.7 Å². The van der Waals surface area contributed by atoms with Crippen LogP contribution >= 0.6 is 0 Å². The maximum atomic E-state index is 13.0. The number of aryl methyl sites for hydroxylation is 1. The predicted molar refractivity (Wildman–Crippen MR) is 105 cm³/mol. The van der Waals surface area contributed by atoms with Gasteiger partial charge in [-0.15, -0.1) is 0 Å². The first-order valence-electron chi connectivity index (χ1n) is 10.1. The molecule has 6 heteroatoms. The van der Waals surface area contributed by atoms with E-state index in [2.05, 4.69) is 0 Å². The Bertz CT molecular complexity index is 677. The second-order valence-corrected chi connectivity index (χ2v) is 7.67. The number of rotatable bonds is 7. The molecular weight excluding hydrogens is 342 g/mol. The molecule has 0 unspecified atom stereocenters. The Hall–Kier alpha value is -2.08. The van der Waals surface area contributed by atoms with E-state index in [1.807, 2.05) is 34.9 Å². The van der Waals surface area contributed by atoms with Crippen molar-refractivity contribution in [2.45, 2.75) is 39.0 Å². The van der Waals surface area contributed by atoms with Gasteiger partial charge in [0.05, 0.1) is 6.61 Å². The number of piperidine rings is 1. The monoisotopic (exact) mass is 373 g/mol. The molecule has 0 radical (unpaired) electrons. The van der Waals surface area contributed by atoms with Gasteiger partial charge in [0.25, 0.3) is 5.91 Å². The largest absolute Gasteiger partial charge is 0.493 e. The second kappa shape index (κ2) is 9.22. The summed E-state index contributed by atoms with van der Waals surface area (Å²) in [5, 5.41) is 0. The van der Waals surface area contributed by atoms with Gasteiger partial charge < -0.3 is 20.3 Å². The molecule has 0 bridgehead atoms. The maximum Gasteiger partial charge on any atom is 0.253 e. The van der Waals surface area contributed by atoms with Gasteiger partial charge in [-0.3, -0.25) is 9.59 Å². The molecule has 2 amide bonds. The molecule has 1 atom stereocenters. The fraction of sp³-hybridized carbons (Fsp3) is 0.619. The molecule has 0 aromatic heterocycles. The zero-order valence-corrected chi connectivity index (χ0v) is 16.3. The Kier molecular flexibility index (Phi) is 6.72. The Labute approximate surface area is 161 Å². The van der Waals surface area contributed by atoms with E-state index in [0.717, 1.165) is 63.2 Å². The number of amides is 2. The van der Waals surface area contributed by atoms with Crippen LogP contribution in [0.25, 0.3) is 0 Å². The van der Waals surface area contributed by atoms with Crippen LogP contribution in [0.1, 0.15) is 48.0 Å². The van der Waals surface area contributed by atoms with Gasteiger partial charge in [-0.05, 0) is 62.8 Å². The molecule has 0 saturated carbocycles. The van der Waals surface area contributed by atoms with Crippen LogP contribution in [0.5, 0.6) is 5.75 Å². The third kappa shape index (κ3) is 5.01. The summed E-state index contributed by atoms with van der Waals surface area (Å²) in [6.07, 6.45) is 4.50. The number of hydrogen-bond acceptors (Lipinski definition) is 4. The zero-order valence-electron chi connectivity index (χ0n) is 16.3. The number of carbonyl (C=O) groups is 2. The van der Waals surface area contributed by atoms with Crippen molar-refractivity contribution in [3.63, 3.8) is 0 Å². The van der Waals surface area contributed by atoms with E-state index in [0.29, 0.717) is 31.1 Å². The van der Waals surface area contributed by atoms with Crippen molar-refractivity contribution in [3.05, 3.63) is 29.3 Å². The van der Waals surface area contributed by atoms with Crippen LogP contribution in [0.15, 0.2) is 18.2 Å². The number of ether oxygens (including phenoxy) is 1. The van der Waals surface area contributed by atoms with Crippen molar-refractivity contribution in [3.8, 4) is 5.75 Å². The molecule has 1 aromatic rings. The summed E-state index contributed by atoms with van der Waals surface area (Å²) in [6.45, 7) is 6.28. The van der Waals surface area contributed by atoms with Gasteiger partial charge in [0.15, 0.2) is 0 Å². The van der Waals surface area contributed by atoms with Crippen LogP contribution in [-0.2, 0) is 4.79 Å². The number of likely N-dealkylation sites (tertiary alicyclic amines) is 2. The first kappa shape index (κ1) is 19.7. The van der Waals surface area contributed by atoms with Gasteiger partial charge in [-0.2, -0.15) is 0 Å². The molecule has 1 aromatic carbocycles. The predicted octanol–water partition coefficient (Wildman–Crippen LogP) is 2.20. The van der Waals surface area contributed by atoms with Gasteiger partial charge in [-0.25, -0.2) is 0 Å². The fourth-order valence-corrected chi connectivity index (χ4v) is 3.94. The van der Waals surface area contributed by atoms with E-state index < -0.39 is 0 Å². The van der Waals surface area contributed by atoms with E-state index in [-0.39, 0.29) is 11.8 Å². The van der Waals surface area contributed by atoms with Crippen molar-refractivity contribution in [1.29, 1.82) is 0 Å². The first-order chi connectivity index (χ1) is 13.1. The SMILES string of the molecule is Cc1ccc(C(=O)N2CCC[C@@H](CN3CCCC3=O)C2)cc1OCCCN. The quantitative estimate of drug-likeness (QED) is 0.744. The van der Waals surface area contributed by atoms with Crippen molar-refractivity contribution >= 4 is 11.8 Å². The number of nitrogens with two attached hydrogens (primary N) is 1. The third-order valence-electron chi connectivity index (χ3n) is 5.50. The van der Waals surface area contributed by atoms with Gasteiger partial charge in [0, 0.05) is 38.2 Å². The van der Waals surface area contributed by atoms with E-state index in [9.17, 15) is 9.59 Å². The average molecular weight is 373 g/mol. The van der Waals surface area contributed by atoms with Crippen LogP contribution in [0.3, 0.4) is 0 Å². The van der Waals surface area contributed by atoms with E-state index in [1.54, 1.807) is 0 Å².